The van der Waals surface area contributed by atoms with Crippen molar-refractivity contribution in [2.75, 3.05) is 0 Å². The quantitative estimate of drug-likeness (QED) is 0.126. The van der Waals surface area contributed by atoms with E-state index in [1.54, 1.807) is 0 Å². The molecule has 0 aromatic heterocycles. The van der Waals surface area contributed by atoms with E-state index in [2.05, 4.69) is 163 Å². The predicted octanol–water partition coefficient (Wildman–Crippen LogP) is 12.5. The Morgan fingerprint density at radius 1 is 0.667 bits per heavy atom. The van der Waals surface area contributed by atoms with Crippen molar-refractivity contribution in [1.82, 2.24) is 0 Å². The molecule has 2 radical (unpaired) electrons. The Hall–Kier alpha value is -2.22. The molecule has 0 nitrogen and oxygen atoms in total. The number of benzene rings is 4. The molecule has 0 fully saturated rings. The summed E-state index contributed by atoms with van der Waals surface area (Å²) in [5.41, 5.74) is 9.48. The molecule has 0 unspecified atom stereocenters. The zero-order valence-corrected chi connectivity index (χ0v) is 30.7. The van der Waals surface area contributed by atoms with Gasteiger partial charge in [-0.3, -0.25) is 0 Å². The van der Waals surface area contributed by atoms with Crippen LogP contribution in [-0.2, 0) is 26.3 Å². The fourth-order valence-electron chi connectivity index (χ4n) is 4.93. The standard InChI is InChI=1S/C19H19.C17H15.C2H6Si.2ClH.Zr/c1-19(2,3)16-12-10-15(11-13-16)18-9-5-7-14-6-4-8-17(14)18;1-12-6-8-14(9-7-12)16-5-3-4-15-10-13(2)11-17(15)16;1-3-2;;;/h4-13H,1-3H3;3-11H,1-2H3;1-2H3;2*1H;/q2*-1;;;;+4/p-2. The predicted molar refractivity (Wildman–Crippen MR) is 187 cm³/mol. The van der Waals surface area contributed by atoms with Crippen molar-refractivity contribution >= 4 is 48.1 Å². The van der Waals surface area contributed by atoms with Crippen LogP contribution in [0.15, 0.2) is 115 Å². The molecule has 0 aliphatic carbocycles. The number of halogens is 2. The van der Waals surface area contributed by atoms with Crippen LogP contribution in [0, 0.1) is 13.8 Å². The molecule has 0 bridgehead atoms. The Morgan fingerprint density at radius 3 is 1.71 bits per heavy atom. The van der Waals surface area contributed by atoms with Gasteiger partial charge in [0.2, 0.25) is 0 Å². The topological polar surface area (TPSA) is 0 Å². The van der Waals surface area contributed by atoms with Crippen LogP contribution in [0.25, 0.3) is 43.8 Å². The van der Waals surface area contributed by atoms with Crippen molar-refractivity contribution < 1.29 is 20.8 Å². The van der Waals surface area contributed by atoms with Gasteiger partial charge in [0.05, 0.1) is 0 Å². The van der Waals surface area contributed by atoms with Crippen LogP contribution in [0.5, 0.6) is 0 Å². The van der Waals surface area contributed by atoms with E-state index in [1.165, 1.54) is 60.5 Å². The van der Waals surface area contributed by atoms with Crippen LogP contribution in [0.4, 0.5) is 0 Å². The van der Waals surface area contributed by atoms with E-state index in [1.807, 2.05) is 0 Å². The molecule has 6 aromatic rings. The van der Waals surface area contributed by atoms with E-state index < -0.39 is 20.8 Å². The Morgan fingerprint density at radius 2 is 1.17 bits per heavy atom. The summed E-state index contributed by atoms with van der Waals surface area (Å²) in [6, 6.07) is 41.7. The molecule has 214 valence electrons. The monoisotopic (exact) mass is 684 g/mol. The summed E-state index contributed by atoms with van der Waals surface area (Å²) in [6.45, 7) is 15.3. The third kappa shape index (κ3) is 9.39. The van der Waals surface area contributed by atoms with Crippen molar-refractivity contribution in [2.45, 2.75) is 53.1 Å². The summed E-state index contributed by atoms with van der Waals surface area (Å²) in [5.74, 6) is 0. The number of fused-ring (bicyclic) bond motifs is 2. The summed E-state index contributed by atoms with van der Waals surface area (Å²) in [7, 11) is 11.0. The average molecular weight is 687 g/mol. The van der Waals surface area contributed by atoms with Crippen molar-refractivity contribution in [2.24, 2.45) is 0 Å². The van der Waals surface area contributed by atoms with Gasteiger partial charge in [0, 0.05) is 9.52 Å². The first kappa shape index (κ1) is 34.3. The van der Waals surface area contributed by atoms with E-state index in [-0.39, 0.29) is 5.41 Å². The Kier molecular flexibility index (Phi) is 13.5. The Bertz CT molecular complexity index is 1650. The van der Waals surface area contributed by atoms with E-state index in [9.17, 15) is 0 Å². The van der Waals surface area contributed by atoms with Gasteiger partial charge in [-0.05, 0) is 29.0 Å². The number of hydrogen-bond donors (Lipinski definition) is 0. The minimum absolute atomic E-state index is 0.213. The summed E-state index contributed by atoms with van der Waals surface area (Å²) in [5, 5.41) is 5.35. The molecule has 0 saturated heterocycles. The van der Waals surface area contributed by atoms with E-state index in [0.717, 1.165) is 9.52 Å². The SMILES string of the molecule is CC(C)(C)c1ccc(-c2cccc3[cH-]ccc23)cc1.C[Si]C.Cc1ccc(-c2cccc3[cH-]c(C)cc23)cc1.[Cl][Zr+2][Cl]. The molecule has 0 aliphatic rings. The van der Waals surface area contributed by atoms with Gasteiger partial charge >= 0.3 is 37.9 Å². The first-order chi connectivity index (χ1) is 20.1. The molecule has 6 rings (SSSR count). The van der Waals surface area contributed by atoms with Gasteiger partial charge in [-0.1, -0.05) is 118 Å². The van der Waals surface area contributed by atoms with Crippen LogP contribution >= 0.6 is 17.0 Å². The second kappa shape index (κ2) is 16.6. The zero-order chi connectivity index (χ0) is 30.7. The molecular formula is C38H40Cl2SiZr. The summed E-state index contributed by atoms with van der Waals surface area (Å²) < 4.78 is 0. The fraction of sp³-hybridized carbons (Fsp3) is 0.211. The second-order valence-electron chi connectivity index (χ2n) is 11.4. The number of rotatable bonds is 2. The summed E-state index contributed by atoms with van der Waals surface area (Å²) in [4.78, 5) is 0. The molecule has 0 atom stereocenters. The van der Waals surface area contributed by atoms with Crippen LogP contribution in [0.2, 0.25) is 13.1 Å². The maximum atomic E-state index is 4.93. The van der Waals surface area contributed by atoms with Crippen molar-refractivity contribution in [3.05, 3.63) is 132 Å². The van der Waals surface area contributed by atoms with Crippen molar-refractivity contribution in [3.8, 4) is 22.3 Å². The van der Waals surface area contributed by atoms with E-state index in [0.29, 0.717) is 0 Å². The fourth-order valence-corrected chi connectivity index (χ4v) is 4.93. The Labute approximate surface area is 274 Å². The van der Waals surface area contributed by atoms with Crippen LogP contribution in [0.3, 0.4) is 0 Å². The van der Waals surface area contributed by atoms with E-state index in [4.69, 9.17) is 17.0 Å². The molecule has 0 amide bonds. The Balaban J connectivity index is 0.000000195. The summed E-state index contributed by atoms with van der Waals surface area (Å²) in [6.07, 6.45) is 0. The minimum atomic E-state index is -0.826. The molecule has 0 spiro atoms. The molecule has 0 aliphatic heterocycles. The molecule has 42 heavy (non-hydrogen) atoms. The van der Waals surface area contributed by atoms with Gasteiger partial charge in [0.1, 0.15) is 0 Å². The normalized spacial score (nSPS) is 10.5. The van der Waals surface area contributed by atoms with Crippen molar-refractivity contribution in [3.63, 3.8) is 0 Å². The second-order valence-corrected chi connectivity index (χ2v) is 16.2. The van der Waals surface area contributed by atoms with Crippen LogP contribution in [0.1, 0.15) is 37.5 Å². The molecular weight excluding hydrogens is 647 g/mol. The average Bonchev–Trinajstić information content (AvgIpc) is 3.60. The molecule has 6 aromatic carbocycles. The molecule has 0 heterocycles. The number of aryl methyl sites for hydroxylation is 2. The number of hydrogen-bond acceptors (Lipinski definition) is 0. The first-order valence-electron chi connectivity index (χ1n) is 14.2. The zero-order valence-electron chi connectivity index (χ0n) is 25.7. The molecule has 0 saturated carbocycles. The molecule has 0 N–H and O–H groups in total. The van der Waals surface area contributed by atoms with Crippen LogP contribution < -0.4 is 0 Å². The van der Waals surface area contributed by atoms with Gasteiger partial charge in [0.15, 0.2) is 0 Å². The third-order valence-electron chi connectivity index (χ3n) is 7.00. The van der Waals surface area contributed by atoms with Gasteiger partial charge < -0.3 is 0 Å². The third-order valence-corrected chi connectivity index (χ3v) is 7.00. The summed E-state index contributed by atoms with van der Waals surface area (Å²) >= 11 is -0.826. The van der Waals surface area contributed by atoms with Gasteiger partial charge in [0.25, 0.3) is 0 Å². The van der Waals surface area contributed by atoms with Gasteiger partial charge in [-0.2, -0.15) is 18.2 Å². The van der Waals surface area contributed by atoms with Crippen LogP contribution in [-0.4, -0.2) is 9.52 Å². The molecule has 4 heteroatoms. The first-order valence-corrected chi connectivity index (χ1v) is 22.5. The van der Waals surface area contributed by atoms with Gasteiger partial charge in [-0.25, -0.2) is 0 Å². The van der Waals surface area contributed by atoms with Gasteiger partial charge in [-0.15, -0.1) is 63.5 Å². The maximum absolute atomic E-state index is 4.93. The van der Waals surface area contributed by atoms with E-state index >= 15 is 0 Å². The van der Waals surface area contributed by atoms with Crippen molar-refractivity contribution in [1.29, 1.82) is 0 Å².